The molecule has 0 aliphatic carbocycles. The van der Waals surface area contributed by atoms with Crippen LogP contribution in [0.4, 0.5) is 0 Å². The number of hydrogen-bond donors (Lipinski definition) is 1. The molecular formula is C13H20O. The fourth-order valence-corrected chi connectivity index (χ4v) is 1.89. The molecule has 1 aromatic rings. The van der Waals surface area contributed by atoms with E-state index >= 15 is 0 Å². The molecule has 0 spiro atoms. The van der Waals surface area contributed by atoms with E-state index in [0.717, 1.165) is 6.42 Å². The van der Waals surface area contributed by atoms with Gasteiger partial charge in [0.2, 0.25) is 0 Å². The molecule has 1 rings (SSSR count). The molecule has 1 atom stereocenters. The van der Waals surface area contributed by atoms with Gasteiger partial charge in [0.05, 0.1) is 0 Å². The van der Waals surface area contributed by atoms with E-state index in [1.165, 1.54) is 12.0 Å². The summed E-state index contributed by atoms with van der Waals surface area (Å²) in [5.41, 5.74) is 1.27. The van der Waals surface area contributed by atoms with Crippen LogP contribution in [0.1, 0.15) is 45.1 Å². The zero-order valence-corrected chi connectivity index (χ0v) is 9.33. The van der Waals surface area contributed by atoms with Crippen LogP contribution in [-0.2, 0) is 0 Å². The maximum absolute atomic E-state index is 9.39. The predicted octanol–water partition coefficient (Wildman–Crippen LogP) is 3.93. The van der Waals surface area contributed by atoms with E-state index in [4.69, 9.17) is 0 Å². The van der Waals surface area contributed by atoms with Crippen LogP contribution in [0.25, 0.3) is 0 Å². The predicted molar refractivity (Wildman–Crippen MR) is 60.6 cm³/mol. The van der Waals surface area contributed by atoms with E-state index in [-0.39, 0.29) is 0 Å². The zero-order chi connectivity index (χ0) is 10.6. The SMILES string of the molecule is CCC(CC(C)C)c1cccc(O)c1. The lowest BCUT2D eigenvalue weighted by molar-refractivity contribution is 0.465. The minimum atomic E-state index is 0.379. The number of rotatable bonds is 4. The quantitative estimate of drug-likeness (QED) is 0.766. The Morgan fingerprint density at radius 2 is 2.00 bits per heavy atom. The van der Waals surface area contributed by atoms with E-state index in [2.05, 4.69) is 26.8 Å². The number of aromatic hydroxyl groups is 1. The van der Waals surface area contributed by atoms with Gasteiger partial charge in [0, 0.05) is 0 Å². The lowest BCUT2D eigenvalue weighted by Gasteiger charge is -2.17. The fraction of sp³-hybridized carbons (Fsp3) is 0.538. The summed E-state index contributed by atoms with van der Waals surface area (Å²) in [6, 6.07) is 7.64. The summed E-state index contributed by atoms with van der Waals surface area (Å²) >= 11 is 0. The third kappa shape index (κ3) is 3.06. The topological polar surface area (TPSA) is 20.2 Å². The molecule has 0 heterocycles. The molecule has 0 saturated carbocycles. The lowest BCUT2D eigenvalue weighted by Crippen LogP contribution is -2.01. The van der Waals surface area contributed by atoms with Gasteiger partial charge in [-0.05, 0) is 42.4 Å². The lowest BCUT2D eigenvalue weighted by atomic mass is 9.88. The van der Waals surface area contributed by atoms with Gasteiger partial charge in [-0.3, -0.25) is 0 Å². The highest BCUT2D eigenvalue weighted by Gasteiger charge is 2.11. The summed E-state index contributed by atoms with van der Waals surface area (Å²) in [5.74, 6) is 1.68. The highest BCUT2D eigenvalue weighted by Crippen LogP contribution is 2.28. The summed E-state index contributed by atoms with van der Waals surface area (Å²) in [6.07, 6.45) is 2.33. The molecule has 0 fully saturated rings. The third-order valence-electron chi connectivity index (χ3n) is 2.59. The Balaban J connectivity index is 2.78. The van der Waals surface area contributed by atoms with Gasteiger partial charge in [0.15, 0.2) is 0 Å². The Labute approximate surface area is 86.8 Å². The molecule has 14 heavy (non-hydrogen) atoms. The summed E-state index contributed by atoms with van der Waals surface area (Å²) in [6.45, 7) is 6.69. The Bertz CT molecular complexity index is 278. The van der Waals surface area contributed by atoms with Gasteiger partial charge < -0.3 is 5.11 Å². The average Bonchev–Trinajstić information content (AvgIpc) is 2.14. The first-order chi connectivity index (χ1) is 6.63. The third-order valence-corrected chi connectivity index (χ3v) is 2.59. The van der Waals surface area contributed by atoms with Crippen LogP contribution < -0.4 is 0 Å². The van der Waals surface area contributed by atoms with Crippen molar-refractivity contribution < 1.29 is 5.11 Å². The van der Waals surface area contributed by atoms with E-state index in [1.807, 2.05) is 12.1 Å². The molecule has 0 aliphatic rings. The molecule has 78 valence electrons. The highest BCUT2D eigenvalue weighted by molar-refractivity contribution is 5.29. The number of benzene rings is 1. The van der Waals surface area contributed by atoms with Gasteiger partial charge in [-0.15, -0.1) is 0 Å². The van der Waals surface area contributed by atoms with Crippen molar-refractivity contribution >= 4 is 0 Å². The molecule has 1 nitrogen and oxygen atoms in total. The molecule has 0 amide bonds. The highest BCUT2D eigenvalue weighted by atomic mass is 16.3. The van der Waals surface area contributed by atoms with Gasteiger partial charge in [0.1, 0.15) is 5.75 Å². The molecule has 0 aliphatic heterocycles. The second kappa shape index (κ2) is 5.04. The summed E-state index contributed by atoms with van der Waals surface area (Å²) in [5, 5.41) is 9.39. The number of phenolic OH excluding ortho intramolecular Hbond substituents is 1. The van der Waals surface area contributed by atoms with Crippen LogP contribution >= 0.6 is 0 Å². The molecule has 1 aromatic carbocycles. The first-order valence-corrected chi connectivity index (χ1v) is 5.42. The van der Waals surface area contributed by atoms with E-state index in [9.17, 15) is 5.11 Å². The second-order valence-corrected chi connectivity index (χ2v) is 4.33. The van der Waals surface area contributed by atoms with Crippen LogP contribution in [0.15, 0.2) is 24.3 Å². The van der Waals surface area contributed by atoms with Crippen LogP contribution in [0.2, 0.25) is 0 Å². The first-order valence-electron chi connectivity index (χ1n) is 5.42. The average molecular weight is 192 g/mol. The van der Waals surface area contributed by atoms with Crippen molar-refractivity contribution in [3.05, 3.63) is 29.8 Å². The van der Waals surface area contributed by atoms with Gasteiger partial charge in [-0.2, -0.15) is 0 Å². The fourth-order valence-electron chi connectivity index (χ4n) is 1.89. The van der Waals surface area contributed by atoms with Gasteiger partial charge in [-0.25, -0.2) is 0 Å². The zero-order valence-electron chi connectivity index (χ0n) is 9.33. The summed E-state index contributed by atoms with van der Waals surface area (Å²) in [4.78, 5) is 0. The molecular weight excluding hydrogens is 172 g/mol. The summed E-state index contributed by atoms with van der Waals surface area (Å²) < 4.78 is 0. The van der Waals surface area contributed by atoms with Crippen molar-refractivity contribution in [2.75, 3.05) is 0 Å². The minimum Gasteiger partial charge on any atom is -0.508 e. The molecule has 0 aromatic heterocycles. The Kier molecular flexibility index (Phi) is 3.99. The largest absolute Gasteiger partial charge is 0.508 e. The summed E-state index contributed by atoms with van der Waals surface area (Å²) in [7, 11) is 0. The molecule has 0 radical (unpaired) electrons. The Morgan fingerprint density at radius 3 is 2.50 bits per heavy atom. The minimum absolute atomic E-state index is 0.379. The molecule has 0 bridgehead atoms. The normalized spacial score (nSPS) is 13.1. The number of phenols is 1. The maximum Gasteiger partial charge on any atom is 0.115 e. The molecule has 0 saturated heterocycles. The van der Waals surface area contributed by atoms with Crippen molar-refractivity contribution in [1.29, 1.82) is 0 Å². The van der Waals surface area contributed by atoms with Crippen LogP contribution in [0.3, 0.4) is 0 Å². The van der Waals surface area contributed by atoms with Crippen LogP contribution in [0.5, 0.6) is 5.75 Å². The smallest absolute Gasteiger partial charge is 0.115 e. The van der Waals surface area contributed by atoms with E-state index in [1.54, 1.807) is 6.07 Å². The molecule has 1 unspecified atom stereocenters. The molecule has 1 heteroatoms. The van der Waals surface area contributed by atoms with Crippen LogP contribution in [0, 0.1) is 5.92 Å². The van der Waals surface area contributed by atoms with Crippen molar-refractivity contribution in [3.63, 3.8) is 0 Å². The van der Waals surface area contributed by atoms with E-state index < -0.39 is 0 Å². The monoisotopic (exact) mass is 192 g/mol. The van der Waals surface area contributed by atoms with Gasteiger partial charge >= 0.3 is 0 Å². The van der Waals surface area contributed by atoms with Crippen molar-refractivity contribution in [2.45, 2.75) is 39.5 Å². The van der Waals surface area contributed by atoms with Crippen molar-refractivity contribution in [2.24, 2.45) is 5.92 Å². The van der Waals surface area contributed by atoms with Gasteiger partial charge in [0.25, 0.3) is 0 Å². The van der Waals surface area contributed by atoms with Gasteiger partial charge in [-0.1, -0.05) is 32.9 Å². The standard InChI is InChI=1S/C13H20O/c1-4-11(8-10(2)3)12-6-5-7-13(14)9-12/h5-7,9-11,14H,4,8H2,1-3H3. The maximum atomic E-state index is 9.39. The van der Waals surface area contributed by atoms with Crippen LogP contribution in [-0.4, -0.2) is 5.11 Å². The Morgan fingerprint density at radius 1 is 1.29 bits per heavy atom. The van der Waals surface area contributed by atoms with E-state index in [0.29, 0.717) is 17.6 Å². The Hall–Kier alpha value is -0.980. The first kappa shape index (κ1) is 11.1. The van der Waals surface area contributed by atoms with Crippen molar-refractivity contribution in [1.82, 2.24) is 0 Å². The second-order valence-electron chi connectivity index (χ2n) is 4.33. The molecule has 1 N–H and O–H groups in total. The number of hydrogen-bond acceptors (Lipinski definition) is 1. The van der Waals surface area contributed by atoms with Crippen molar-refractivity contribution in [3.8, 4) is 5.75 Å².